The number of nitrogens with one attached hydrogen (secondary N) is 2. The van der Waals surface area contributed by atoms with Crippen molar-refractivity contribution in [2.24, 2.45) is 4.99 Å². The predicted molar refractivity (Wildman–Crippen MR) is 124 cm³/mol. The summed E-state index contributed by atoms with van der Waals surface area (Å²) in [5.74, 6) is 0.748. The van der Waals surface area contributed by atoms with Gasteiger partial charge in [-0.05, 0) is 24.7 Å². The van der Waals surface area contributed by atoms with Crippen molar-refractivity contribution in [3.63, 3.8) is 0 Å². The molecule has 0 aliphatic carbocycles. The number of aromatic nitrogens is 2. The van der Waals surface area contributed by atoms with E-state index in [1.807, 2.05) is 24.3 Å². The molecule has 0 fully saturated rings. The summed E-state index contributed by atoms with van der Waals surface area (Å²) in [5.41, 5.74) is 1.03. The molecule has 1 heterocycles. The molecule has 1 aromatic heterocycles. The molecule has 0 amide bonds. The van der Waals surface area contributed by atoms with Gasteiger partial charge in [-0.25, -0.2) is 4.98 Å². The summed E-state index contributed by atoms with van der Waals surface area (Å²) < 4.78 is 26.7. The number of likely N-dealkylation sites (N-methyl/N-ethyl adjacent to an activating group) is 1. The predicted octanol–water partition coefficient (Wildman–Crippen LogP) is 4.30. The zero-order chi connectivity index (χ0) is 20.5. The number of rotatable bonds is 9. The molecule has 0 spiro atoms. The molecule has 0 saturated heterocycles. The SMILES string of the molecule is CCN(CC)C(CNC(=NC)NCc1nccn1C(F)F)c1ccccc1Cl.I. The van der Waals surface area contributed by atoms with Crippen LogP contribution in [-0.4, -0.2) is 47.1 Å². The highest BCUT2D eigenvalue weighted by Crippen LogP contribution is 2.26. The van der Waals surface area contributed by atoms with Gasteiger partial charge in [-0.2, -0.15) is 8.78 Å². The number of alkyl halides is 2. The van der Waals surface area contributed by atoms with E-state index in [0.29, 0.717) is 17.5 Å². The van der Waals surface area contributed by atoms with Crippen molar-refractivity contribution in [1.82, 2.24) is 25.1 Å². The van der Waals surface area contributed by atoms with Crippen LogP contribution >= 0.6 is 35.6 Å². The molecule has 162 valence electrons. The van der Waals surface area contributed by atoms with E-state index in [9.17, 15) is 8.78 Å². The number of nitrogens with zero attached hydrogens (tertiary/aromatic N) is 4. The fourth-order valence-corrected chi connectivity index (χ4v) is 3.34. The van der Waals surface area contributed by atoms with Crippen LogP contribution in [0.5, 0.6) is 0 Å². The second kappa shape index (κ2) is 13.0. The summed E-state index contributed by atoms with van der Waals surface area (Å²) >= 11 is 6.42. The zero-order valence-electron chi connectivity index (χ0n) is 16.8. The Morgan fingerprint density at radius 3 is 2.52 bits per heavy atom. The molecule has 2 N–H and O–H groups in total. The first-order chi connectivity index (χ1) is 13.5. The maximum atomic E-state index is 12.9. The summed E-state index contributed by atoms with van der Waals surface area (Å²) in [6.45, 7) is 4.02. The molecule has 0 aliphatic rings. The van der Waals surface area contributed by atoms with Gasteiger partial charge in [0.2, 0.25) is 0 Å². The van der Waals surface area contributed by atoms with E-state index < -0.39 is 6.55 Å². The molecular weight excluding hydrogens is 513 g/mol. The number of imidazole rings is 1. The third-order valence-corrected chi connectivity index (χ3v) is 4.92. The molecule has 0 saturated carbocycles. The first kappa shape index (κ1) is 25.6. The van der Waals surface area contributed by atoms with E-state index in [4.69, 9.17) is 11.6 Å². The van der Waals surface area contributed by atoms with Crippen LogP contribution in [-0.2, 0) is 6.54 Å². The summed E-state index contributed by atoms with van der Waals surface area (Å²) in [4.78, 5) is 10.4. The molecule has 6 nitrogen and oxygen atoms in total. The number of hydrogen-bond donors (Lipinski definition) is 2. The minimum absolute atomic E-state index is 0. The Bertz CT molecular complexity index is 767. The Balaban J connectivity index is 0.00000420. The van der Waals surface area contributed by atoms with Crippen molar-refractivity contribution in [2.75, 3.05) is 26.7 Å². The fourth-order valence-electron chi connectivity index (χ4n) is 3.08. The first-order valence-corrected chi connectivity index (χ1v) is 9.62. The summed E-state index contributed by atoms with van der Waals surface area (Å²) in [5, 5.41) is 7.01. The lowest BCUT2D eigenvalue weighted by Crippen LogP contribution is -2.43. The average molecular weight is 541 g/mol. The van der Waals surface area contributed by atoms with Crippen molar-refractivity contribution >= 4 is 41.5 Å². The van der Waals surface area contributed by atoms with Gasteiger partial charge < -0.3 is 10.6 Å². The molecule has 2 aromatic rings. The summed E-state index contributed by atoms with van der Waals surface area (Å²) in [7, 11) is 1.64. The smallest absolute Gasteiger partial charge is 0.319 e. The Morgan fingerprint density at radius 1 is 1.24 bits per heavy atom. The van der Waals surface area contributed by atoms with Gasteiger partial charge in [0.15, 0.2) is 5.96 Å². The van der Waals surface area contributed by atoms with Crippen molar-refractivity contribution in [1.29, 1.82) is 0 Å². The van der Waals surface area contributed by atoms with Gasteiger partial charge in [0.05, 0.1) is 12.6 Å². The van der Waals surface area contributed by atoms with Crippen molar-refractivity contribution in [3.8, 4) is 0 Å². The van der Waals surface area contributed by atoms with E-state index >= 15 is 0 Å². The molecule has 0 radical (unpaired) electrons. The van der Waals surface area contributed by atoms with Crippen LogP contribution in [0.1, 0.15) is 37.8 Å². The maximum absolute atomic E-state index is 12.9. The van der Waals surface area contributed by atoms with Crippen LogP contribution in [0.25, 0.3) is 0 Å². The Morgan fingerprint density at radius 2 is 1.93 bits per heavy atom. The number of halogens is 4. The van der Waals surface area contributed by atoms with Crippen molar-refractivity contribution in [3.05, 3.63) is 53.1 Å². The van der Waals surface area contributed by atoms with Gasteiger partial charge in [0, 0.05) is 31.0 Å². The van der Waals surface area contributed by atoms with Crippen molar-refractivity contribution in [2.45, 2.75) is 33.0 Å². The van der Waals surface area contributed by atoms with Gasteiger partial charge in [-0.1, -0.05) is 43.6 Å². The number of hydrogen-bond acceptors (Lipinski definition) is 3. The van der Waals surface area contributed by atoms with Crippen LogP contribution in [0.4, 0.5) is 8.78 Å². The third kappa shape index (κ3) is 7.07. The number of benzene rings is 1. The van der Waals surface area contributed by atoms with Crippen LogP contribution in [0.3, 0.4) is 0 Å². The summed E-state index contributed by atoms with van der Waals surface area (Å²) in [6, 6.07) is 7.82. The Kier molecular flexibility index (Phi) is 11.4. The van der Waals surface area contributed by atoms with Crippen molar-refractivity contribution < 1.29 is 8.78 Å². The first-order valence-electron chi connectivity index (χ1n) is 9.24. The van der Waals surface area contributed by atoms with E-state index in [1.165, 1.54) is 12.4 Å². The van der Waals surface area contributed by atoms with E-state index in [-0.39, 0.29) is 42.4 Å². The minimum atomic E-state index is -2.62. The van der Waals surface area contributed by atoms with E-state index in [0.717, 1.165) is 23.2 Å². The van der Waals surface area contributed by atoms with Gasteiger partial charge in [-0.3, -0.25) is 14.5 Å². The van der Waals surface area contributed by atoms with Gasteiger partial charge in [0.1, 0.15) is 5.82 Å². The highest BCUT2D eigenvalue weighted by atomic mass is 127. The molecule has 10 heteroatoms. The normalized spacial score (nSPS) is 12.8. The second-order valence-electron chi connectivity index (χ2n) is 6.09. The van der Waals surface area contributed by atoms with Gasteiger partial charge in [-0.15, -0.1) is 24.0 Å². The van der Waals surface area contributed by atoms with Gasteiger partial charge >= 0.3 is 6.55 Å². The second-order valence-corrected chi connectivity index (χ2v) is 6.50. The quantitative estimate of drug-likeness (QED) is 0.283. The molecule has 1 aromatic carbocycles. The molecular formula is C19H28ClF2IN6. The highest BCUT2D eigenvalue weighted by Gasteiger charge is 2.20. The molecule has 1 atom stereocenters. The molecule has 0 aliphatic heterocycles. The fraction of sp³-hybridized carbons (Fsp3) is 0.474. The van der Waals surface area contributed by atoms with Crippen LogP contribution < -0.4 is 10.6 Å². The largest absolute Gasteiger partial charge is 0.354 e. The third-order valence-electron chi connectivity index (χ3n) is 4.58. The Hall–Kier alpha value is -1.46. The monoisotopic (exact) mass is 540 g/mol. The lowest BCUT2D eigenvalue weighted by atomic mass is 10.0. The van der Waals surface area contributed by atoms with E-state index in [2.05, 4.69) is 39.4 Å². The molecule has 0 bridgehead atoms. The highest BCUT2D eigenvalue weighted by molar-refractivity contribution is 14.0. The lowest BCUT2D eigenvalue weighted by Gasteiger charge is -2.31. The number of aliphatic imine (C=N–C) groups is 1. The maximum Gasteiger partial charge on any atom is 0.319 e. The summed E-state index contributed by atoms with van der Waals surface area (Å²) in [6.07, 6.45) is 2.61. The average Bonchev–Trinajstić information content (AvgIpc) is 3.17. The molecule has 29 heavy (non-hydrogen) atoms. The zero-order valence-corrected chi connectivity index (χ0v) is 19.9. The molecule has 2 rings (SSSR count). The van der Waals surface area contributed by atoms with Gasteiger partial charge in [0.25, 0.3) is 0 Å². The topological polar surface area (TPSA) is 57.5 Å². The van der Waals surface area contributed by atoms with Crippen LogP contribution in [0, 0.1) is 0 Å². The lowest BCUT2D eigenvalue weighted by molar-refractivity contribution is 0.0668. The minimum Gasteiger partial charge on any atom is -0.354 e. The van der Waals surface area contributed by atoms with E-state index in [1.54, 1.807) is 7.05 Å². The molecule has 1 unspecified atom stereocenters. The van der Waals surface area contributed by atoms with Crippen LogP contribution in [0.2, 0.25) is 5.02 Å². The Labute approximate surface area is 192 Å². The van der Waals surface area contributed by atoms with Crippen LogP contribution in [0.15, 0.2) is 41.7 Å². The number of guanidine groups is 1. The standard InChI is InChI=1S/C19H27ClF2N6.HI/c1-4-27(5-2)16(14-8-6-7-9-15(14)20)12-25-19(23-3)26-13-17-24-10-11-28(17)18(21)22;/h6-11,16,18H,4-5,12-13H2,1-3H3,(H2,23,25,26);1H.